The highest BCUT2D eigenvalue weighted by Gasteiger charge is 2.23. The second-order valence-electron chi connectivity index (χ2n) is 7.58. The van der Waals surface area contributed by atoms with Crippen LogP contribution in [0.1, 0.15) is 36.8 Å². The number of imidazole rings is 1. The Morgan fingerprint density at radius 2 is 1.87 bits per heavy atom. The largest absolute Gasteiger partial charge is 0.330 e. The highest BCUT2D eigenvalue weighted by molar-refractivity contribution is 6.29. The maximum Gasteiger partial charge on any atom is 0.330 e. The molecular formula is C22H20ClN5O2. The molecule has 0 aliphatic heterocycles. The van der Waals surface area contributed by atoms with Crippen LogP contribution in [0.2, 0.25) is 5.15 Å². The van der Waals surface area contributed by atoms with E-state index in [1.807, 2.05) is 17.6 Å². The molecule has 0 unspecified atom stereocenters. The average Bonchev–Trinajstić information content (AvgIpc) is 3.52. The molecule has 0 bridgehead atoms. The third kappa shape index (κ3) is 3.25. The van der Waals surface area contributed by atoms with Crippen molar-refractivity contribution in [1.82, 2.24) is 24.1 Å². The van der Waals surface area contributed by atoms with Crippen molar-refractivity contribution in [1.29, 1.82) is 0 Å². The molecule has 0 saturated heterocycles. The van der Waals surface area contributed by atoms with Crippen LogP contribution in [0.5, 0.6) is 0 Å². The van der Waals surface area contributed by atoms with Gasteiger partial charge < -0.3 is 4.57 Å². The van der Waals surface area contributed by atoms with Gasteiger partial charge in [0.25, 0.3) is 5.56 Å². The summed E-state index contributed by atoms with van der Waals surface area (Å²) in [5.74, 6) is 1.25. The number of aryl methyl sites for hydroxylation is 1. The van der Waals surface area contributed by atoms with E-state index in [1.165, 1.54) is 23.0 Å². The minimum atomic E-state index is -0.464. The third-order valence-corrected chi connectivity index (χ3v) is 5.78. The lowest BCUT2D eigenvalue weighted by atomic mass is 10.1. The van der Waals surface area contributed by atoms with E-state index in [0.29, 0.717) is 41.1 Å². The van der Waals surface area contributed by atoms with E-state index in [4.69, 9.17) is 11.6 Å². The molecule has 0 amide bonds. The molecule has 4 aromatic rings. The Bertz CT molecular complexity index is 1350. The number of halogens is 1. The average molecular weight is 422 g/mol. The molecule has 0 spiro atoms. The summed E-state index contributed by atoms with van der Waals surface area (Å²) in [5, 5.41) is 0.375. The minimum absolute atomic E-state index is 0.366. The molecule has 3 heterocycles. The number of aromatic nitrogens is 5. The summed E-state index contributed by atoms with van der Waals surface area (Å²) in [4.78, 5) is 36.3. The first-order valence-electron chi connectivity index (χ1n) is 9.99. The van der Waals surface area contributed by atoms with Crippen LogP contribution in [0.3, 0.4) is 0 Å². The number of nitrogens with one attached hydrogen (secondary N) is 1. The van der Waals surface area contributed by atoms with Crippen molar-refractivity contribution in [3.8, 4) is 11.4 Å². The molecule has 30 heavy (non-hydrogen) atoms. The Morgan fingerprint density at radius 1 is 1.10 bits per heavy atom. The van der Waals surface area contributed by atoms with E-state index in [2.05, 4.69) is 39.2 Å². The van der Waals surface area contributed by atoms with Gasteiger partial charge in [-0.25, -0.2) is 14.8 Å². The van der Waals surface area contributed by atoms with Gasteiger partial charge in [0.05, 0.1) is 0 Å². The molecule has 152 valence electrons. The van der Waals surface area contributed by atoms with Gasteiger partial charge in [-0.1, -0.05) is 35.9 Å². The normalized spacial score (nSPS) is 13.8. The zero-order valence-electron chi connectivity index (χ0n) is 16.4. The molecule has 1 aromatic carbocycles. The SMILES string of the molecule is CCn1c(=O)[nH]c(=O)c2c1nc(-c1ccc(Cl)nc1)n2Cc1ccc(C2CC2)cc1. The van der Waals surface area contributed by atoms with Crippen molar-refractivity contribution in [2.24, 2.45) is 0 Å². The Kier molecular flexibility index (Phi) is 4.55. The summed E-state index contributed by atoms with van der Waals surface area (Å²) in [6.45, 7) is 2.69. The molecule has 8 heteroatoms. The van der Waals surface area contributed by atoms with Crippen molar-refractivity contribution >= 4 is 22.8 Å². The molecule has 3 aromatic heterocycles. The second kappa shape index (κ2) is 7.25. The first-order valence-corrected chi connectivity index (χ1v) is 10.4. The second-order valence-corrected chi connectivity index (χ2v) is 7.97. The van der Waals surface area contributed by atoms with Crippen LogP contribution in [0.25, 0.3) is 22.6 Å². The topological polar surface area (TPSA) is 85.6 Å². The number of fused-ring (bicyclic) bond motifs is 1. The summed E-state index contributed by atoms with van der Waals surface area (Å²) in [7, 11) is 0. The fourth-order valence-electron chi connectivity index (χ4n) is 3.84. The Hall–Kier alpha value is -3.19. The number of aromatic amines is 1. The molecular weight excluding hydrogens is 402 g/mol. The first kappa shape index (κ1) is 18.8. The van der Waals surface area contributed by atoms with E-state index in [-0.39, 0.29) is 0 Å². The fraction of sp³-hybridized carbons (Fsp3) is 0.273. The minimum Gasteiger partial charge on any atom is -0.314 e. The maximum absolute atomic E-state index is 12.8. The lowest BCUT2D eigenvalue weighted by Crippen LogP contribution is -2.30. The van der Waals surface area contributed by atoms with Crippen LogP contribution in [0.4, 0.5) is 0 Å². The Balaban J connectivity index is 1.70. The van der Waals surface area contributed by atoms with Gasteiger partial charge >= 0.3 is 5.69 Å². The van der Waals surface area contributed by atoms with Gasteiger partial charge in [0, 0.05) is 24.8 Å². The molecule has 1 saturated carbocycles. The lowest BCUT2D eigenvalue weighted by molar-refractivity contribution is 0.717. The zero-order chi connectivity index (χ0) is 20.8. The smallest absolute Gasteiger partial charge is 0.314 e. The highest BCUT2D eigenvalue weighted by atomic mass is 35.5. The molecule has 0 atom stereocenters. The number of benzene rings is 1. The number of rotatable bonds is 5. The summed E-state index contributed by atoms with van der Waals surface area (Å²) >= 11 is 5.95. The van der Waals surface area contributed by atoms with Crippen molar-refractivity contribution in [2.75, 3.05) is 0 Å². The Morgan fingerprint density at radius 3 is 2.50 bits per heavy atom. The summed E-state index contributed by atoms with van der Waals surface area (Å²) in [6.07, 6.45) is 4.13. The predicted molar refractivity (Wildman–Crippen MR) is 116 cm³/mol. The predicted octanol–water partition coefficient (Wildman–Crippen LogP) is 3.55. The fourth-order valence-corrected chi connectivity index (χ4v) is 3.95. The van der Waals surface area contributed by atoms with Gasteiger partial charge in [0.2, 0.25) is 0 Å². The number of pyridine rings is 1. The monoisotopic (exact) mass is 421 g/mol. The van der Waals surface area contributed by atoms with Crippen LogP contribution in [0, 0.1) is 0 Å². The third-order valence-electron chi connectivity index (χ3n) is 5.56. The van der Waals surface area contributed by atoms with E-state index in [1.54, 1.807) is 12.3 Å². The maximum atomic E-state index is 12.8. The van der Waals surface area contributed by atoms with Crippen molar-refractivity contribution in [3.63, 3.8) is 0 Å². The van der Waals surface area contributed by atoms with E-state index in [9.17, 15) is 9.59 Å². The number of hydrogen-bond donors (Lipinski definition) is 1. The molecule has 7 nitrogen and oxygen atoms in total. The molecule has 1 N–H and O–H groups in total. The molecule has 5 rings (SSSR count). The first-order chi connectivity index (χ1) is 14.5. The number of hydrogen-bond acceptors (Lipinski definition) is 4. The van der Waals surface area contributed by atoms with Crippen LogP contribution < -0.4 is 11.2 Å². The molecule has 0 radical (unpaired) electrons. The molecule has 1 aliphatic carbocycles. The van der Waals surface area contributed by atoms with Crippen molar-refractivity contribution in [3.05, 3.63) is 79.7 Å². The van der Waals surface area contributed by atoms with Crippen LogP contribution in [-0.2, 0) is 13.1 Å². The summed E-state index contributed by atoms with van der Waals surface area (Å²) < 4.78 is 3.31. The highest BCUT2D eigenvalue weighted by Crippen LogP contribution is 2.40. The molecule has 1 aliphatic rings. The lowest BCUT2D eigenvalue weighted by Gasteiger charge is -2.10. The van der Waals surface area contributed by atoms with Gasteiger partial charge in [-0.2, -0.15) is 0 Å². The van der Waals surface area contributed by atoms with Gasteiger partial charge in [0.1, 0.15) is 11.0 Å². The van der Waals surface area contributed by atoms with Crippen LogP contribution in [0.15, 0.2) is 52.2 Å². The summed E-state index contributed by atoms with van der Waals surface area (Å²) in [6, 6.07) is 12.0. The van der Waals surface area contributed by atoms with E-state index in [0.717, 1.165) is 11.1 Å². The van der Waals surface area contributed by atoms with E-state index >= 15 is 0 Å². The van der Waals surface area contributed by atoms with E-state index < -0.39 is 11.2 Å². The van der Waals surface area contributed by atoms with Crippen LogP contribution in [-0.4, -0.2) is 24.1 Å². The van der Waals surface area contributed by atoms with Crippen molar-refractivity contribution in [2.45, 2.75) is 38.8 Å². The quantitative estimate of drug-likeness (QED) is 0.499. The number of nitrogens with zero attached hydrogens (tertiary/aromatic N) is 4. The summed E-state index contributed by atoms with van der Waals surface area (Å²) in [5.41, 5.74) is 2.95. The van der Waals surface area contributed by atoms with Crippen LogP contribution >= 0.6 is 11.6 Å². The van der Waals surface area contributed by atoms with Gasteiger partial charge in [0.15, 0.2) is 11.2 Å². The van der Waals surface area contributed by atoms with Gasteiger partial charge in [-0.05, 0) is 48.9 Å². The van der Waals surface area contributed by atoms with Crippen molar-refractivity contribution < 1.29 is 0 Å². The zero-order valence-corrected chi connectivity index (χ0v) is 17.2. The molecule has 1 fully saturated rings. The standard InChI is InChI=1S/C22H20ClN5O2/c1-2-27-20-18(21(29)26-22(27)30)28(19(25-20)16-9-10-17(23)24-11-16)12-13-3-5-14(6-4-13)15-7-8-15/h3-6,9-11,15H,2,7-8,12H2,1H3,(H,26,29,30). The Labute approximate surface area is 177 Å². The van der Waals surface area contributed by atoms with Gasteiger partial charge in [-0.15, -0.1) is 0 Å². The number of H-pyrrole nitrogens is 1. The van der Waals surface area contributed by atoms with Gasteiger partial charge in [-0.3, -0.25) is 14.3 Å².